The third kappa shape index (κ3) is 3.27. The highest BCUT2D eigenvalue weighted by Crippen LogP contribution is 2.33. The molecule has 0 bridgehead atoms. The van der Waals surface area contributed by atoms with Crippen molar-refractivity contribution in [2.45, 2.75) is 19.5 Å². The summed E-state index contributed by atoms with van der Waals surface area (Å²) in [5.74, 6) is -1.05. The number of halogens is 1. The van der Waals surface area contributed by atoms with Crippen LogP contribution in [0, 0.1) is 12.8 Å². The van der Waals surface area contributed by atoms with E-state index in [0.717, 1.165) is 11.3 Å². The lowest BCUT2D eigenvalue weighted by molar-refractivity contribution is 0.0824. The van der Waals surface area contributed by atoms with Gasteiger partial charge in [0.2, 0.25) is 0 Å². The Morgan fingerprint density at radius 3 is 2.67 bits per heavy atom. The zero-order valence-corrected chi connectivity index (χ0v) is 13.7. The number of benzene rings is 1. The van der Waals surface area contributed by atoms with E-state index in [4.69, 9.17) is 0 Å². The number of allylic oxidation sites excluding steroid dienone is 3. The molecule has 1 aliphatic rings. The smallest absolute Gasteiger partial charge is 0.173 e. The summed E-state index contributed by atoms with van der Waals surface area (Å²) in [5, 5.41) is 3.16. The summed E-state index contributed by atoms with van der Waals surface area (Å²) >= 11 is 0. The van der Waals surface area contributed by atoms with E-state index in [2.05, 4.69) is 10.3 Å². The van der Waals surface area contributed by atoms with E-state index in [1.165, 1.54) is 13.0 Å². The normalized spacial score (nSPS) is 22.8. The number of ketones is 1. The maximum absolute atomic E-state index is 15.1. The van der Waals surface area contributed by atoms with Gasteiger partial charge in [-0.15, -0.1) is 0 Å². The Hall–Kier alpha value is -2.75. The third-order valence-electron chi connectivity index (χ3n) is 4.17. The summed E-state index contributed by atoms with van der Waals surface area (Å²) in [5.41, 5.74) is 1.21. The van der Waals surface area contributed by atoms with E-state index in [0.29, 0.717) is 11.3 Å². The van der Waals surface area contributed by atoms with Crippen LogP contribution in [0.1, 0.15) is 22.8 Å². The molecule has 2 atom stereocenters. The van der Waals surface area contributed by atoms with E-state index in [1.54, 1.807) is 48.8 Å². The maximum atomic E-state index is 15.1. The molecule has 122 valence electrons. The second-order valence-corrected chi connectivity index (χ2v) is 6.13. The molecule has 0 saturated carbocycles. The van der Waals surface area contributed by atoms with Crippen molar-refractivity contribution in [2.24, 2.45) is 5.92 Å². The molecule has 2 aromatic rings. The van der Waals surface area contributed by atoms with Crippen molar-refractivity contribution in [3.05, 3.63) is 83.8 Å². The fourth-order valence-electron chi connectivity index (χ4n) is 2.78. The first-order chi connectivity index (χ1) is 11.5. The number of aromatic nitrogens is 1. The van der Waals surface area contributed by atoms with E-state index in [9.17, 15) is 4.79 Å². The van der Waals surface area contributed by atoms with Crippen molar-refractivity contribution in [1.82, 2.24) is 4.98 Å². The van der Waals surface area contributed by atoms with Crippen LogP contribution >= 0.6 is 0 Å². The number of alkyl halides is 1. The molecule has 1 aromatic heterocycles. The first-order valence-electron chi connectivity index (χ1n) is 7.84. The van der Waals surface area contributed by atoms with Gasteiger partial charge in [0.1, 0.15) is 5.67 Å². The van der Waals surface area contributed by atoms with Gasteiger partial charge in [-0.2, -0.15) is 0 Å². The third-order valence-corrected chi connectivity index (χ3v) is 4.17. The lowest BCUT2D eigenvalue weighted by Gasteiger charge is -2.29. The second-order valence-electron chi connectivity index (χ2n) is 6.13. The Balaban J connectivity index is 1.82. The molecule has 24 heavy (non-hydrogen) atoms. The van der Waals surface area contributed by atoms with Crippen LogP contribution in [0.3, 0.4) is 0 Å². The highest BCUT2D eigenvalue weighted by Gasteiger charge is 2.38. The molecule has 0 saturated heterocycles. The molecule has 1 aromatic carbocycles. The van der Waals surface area contributed by atoms with Crippen LogP contribution in [0.5, 0.6) is 0 Å². The van der Waals surface area contributed by atoms with Crippen LogP contribution in [0.4, 0.5) is 10.1 Å². The van der Waals surface area contributed by atoms with Gasteiger partial charge in [0.25, 0.3) is 0 Å². The SMILES string of the molecule is Cc1ccncc1NC1=CC(C)(F)C(C(=O)c2ccccc2)C=C1. The van der Waals surface area contributed by atoms with Gasteiger partial charge in [-0.05, 0) is 37.6 Å². The summed E-state index contributed by atoms with van der Waals surface area (Å²) < 4.78 is 15.1. The lowest BCUT2D eigenvalue weighted by atomic mass is 9.81. The maximum Gasteiger partial charge on any atom is 0.173 e. The van der Waals surface area contributed by atoms with E-state index < -0.39 is 11.6 Å². The summed E-state index contributed by atoms with van der Waals surface area (Å²) in [4.78, 5) is 16.7. The monoisotopic (exact) mass is 322 g/mol. The zero-order chi connectivity index (χ0) is 17.2. The molecule has 1 N–H and O–H groups in total. The van der Waals surface area contributed by atoms with E-state index in [-0.39, 0.29) is 5.78 Å². The molecule has 0 spiro atoms. The molecular formula is C20H19FN2O. The van der Waals surface area contributed by atoms with Crippen molar-refractivity contribution in [1.29, 1.82) is 0 Å². The molecule has 1 heterocycles. The van der Waals surface area contributed by atoms with Gasteiger partial charge in [-0.25, -0.2) is 4.39 Å². The zero-order valence-electron chi connectivity index (χ0n) is 13.7. The van der Waals surface area contributed by atoms with Gasteiger partial charge >= 0.3 is 0 Å². The molecule has 1 aliphatic carbocycles. The number of hydrogen-bond donors (Lipinski definition) is 1. The number of hydrogen-bond acceptors (Lipinski definition) is 3. The number of nitrogens with one attached hydrogen (secondary N) is 1. The molecule has 0 fully saturated rings. The van der Waals surface area contributed by atoms with Gasteiger partial charge < -0.3 is 5.32 Å². The average Bonchev–Trinajstić information content (AvgIpc) is 2.56. The van der Waals surface area contributed by atoms with Crippen LogP contribution < -0.4 is 5.32 Å². The molecule has 3 nitrogen and oxygen atoms in total. The van der Waals surface area contributed by atoms with Gasteiger partial charge in [-0.1, -0.05) is 36.4 Å². The summed E-state index contributed by atoms with van der Waals surface area (Å²) in [6.07, 6.45) is 8.24. The minimum atomic E-state index is -1.76. The van der Waals surface area contributed by atoms with Crippen LogP contribution in [0.15, 0.2) is 72.7 Å². The predicted molar refractivity (Wildman–Crippen MR) is 93.6 cm³/mol. The quantitative estimate of drug-likeness (QED) is 0.844. The molecule has 0 aliphatic heterocycles. The predicted octanol–water partition coefficient (Wildman–Crippen LogP) is 4.48. The van der Waals surface area contributed by atoms with Gasteiger partial charge in [-0.3, -0.25) is 9.78 Å². The Morgan fingerprint density at radius 1 is 1.25 bits per heavy atom. The first-order valence-corrected chi connectivity index (χ1v) is 7.84. The average molecular weight is 322 g/mol. The van der Waals surface area contributed by atoms with Crippen LogP contribution in [0.25, 0.3) is 0 Å². The Kier molecular flexibility index (Phi) is 4.30. The molecule has 0 amide bonds. The molecule has 2 unspecified atom stereocenters. The highest BCUT2D eigenvalue weighted by atomic mass is 19.1. The molecule has 0 radical (unpaired) electrons. The number of carbonyl (C=O) groups excluding carboxylic acids is 1. The van der Waals surface area contributed by atoms with Crippen LogP contribution in [0.2, 0.25) is 0 Å². The Bertz CT molecular complexity index is 809. The molecular weight excluding hydrogens is 303 g/mol. The van der Waals surface area contributed by atoms with Crippen molar-refractivity contribution >= 4 is 11.5 Å². The van der Waals surface area contributed by atoms with Crippen molar-refractivity contribution < 1.29 is 9.18 Å². The van der Waals surface area contributed by atoms with Gasteiger partial charge in [0.15, 0.2) is 5.78 Å². The van der Waals surface area contributed by atoms with Crippen molar-refractivity contribution in [3.63, 3.8) is 0 Å². The molecule has 4 heteroatoms. The highest BCUT2D eigenvalue weighted by molar-refractivity contribution is 6.00. The molecule has 3 rings (SSSR count). The second kappa shape index (κ2) is 6.40. The van der Waals surface area contributed by atoms with Crippen LogP contribution in [-0.4, -0.2) is 16.4 Å². The topological polar surface area (TPSA) is 42.0 Å². The van der Waals surface area contributed by atoms with Crippen molar-refractivity contribution in [3.8, 4) is 0 Å². The lowest BCUT2D eigenvalue weighted by Crippen LogP contribution is -2.35. The summed E-state index contributed by atoms with van der Waals surface area (Å²) in [7, 11) is 0. The van der Waals surface area contributed by atoms with Gasteiger partial charge in [0.05, 0.1) is 17.8 Å². The fourth-order valence-corrected chi connectivity index (χ4v) is 2.78. The van der Waals surface area contributed by atoms with E-state index in [1.807, 2.05) is 19.1 Å². The number of Topliss-reactive ketones (excluding diaryl/α,β-unsaturated/α-hetero) is 1. The number of nitrogens with zero attached hydrogens (tertiary/aromatic N) is 1. The fraction of sp³-hybridized carbons (Fsp3) is 0.200. The summed E-state index contributed by atoms with van der Waals surface area (Å²) in [6, 6.07) is 10.7. The number of carbonyl (C=O) groups is 1. The number of pyridine rings is 1. The van der Waals surface area contributed by atoms with Crippen molar-refractivity contribution in [2.75, 3.05) is 5.32 Å². The standard InChI is InChI=1S/C20H19FN2O/c1-14-10-11-22-13-18(14)23-16-8-9-17(20(2,21)12-16)19(24)15-6-4-3-5-7-15/h3-13,17,23H,1-2H3. The number of anilines is 1. The van der Waals surface area contributed by atoms with Gasteiger partial charge in [0, 0.05) is 17.5 Å². The Morgan fingerprint density at radius 2 is 2.00 bits per heavy atom. The van der Waals surface area contributed by atoms with Crippen LogP contribution in [-0.2, 0) is 0 Å². The first kappa shape index (κ1) is 16.1. The largest absolute Gasteiger partial charge is 0.354 e. The van der Waals surface area contributed by atoms with E-state index >= 15 is 4.39 Å². The summed E-state index contributed by atoms with van der Waals surface area (Å²) in [6.45, 7) is 3.38. The minimum Gasteiger partial charge on any atom is -0.354 e. The number of rotatable bonds is 4. The number of aryl methyl sites for hydroxylation is 1. The Labute approximate surface area is 140 Å². The minimum absolute atomic E-state index is 0.218.